The van der Waals surface area contributed by atoms with Gasteiger partial charge in [-0.15, -0.1) is 0 Å². The van der Waals surface area contributed by atoms with E-state index in [1.807, 2.05) is 24.3 Å². The molecule has 0 spiro atoms. The zero-order valence-electron chi connectivity index (χ0n) is 16.1. The van der Waals surface area contributed by atoms with Crippen LogP contribution in [-0.4, -0.2) is 69.6 Å². The first kappa shape index (κ1) is 18.7. The molecule has 3 heterocycles. The highest BCUT2D eigenvalue weighted by Gasteiger charge is 2.24. The number of benzene rings is 1. The van der Waals surface area contributed by atoms with Crippen molar-refractivity contribution in [2.75, 3.05) is 38.6 Å². The number of pyridine rings is 1. The molecule has 0 radical (unpaired) electrons. The molecule has 0 bridgehead atoms. The average molecular weight is 394 g/mol. The van der Waals surface area contributed by atoms with Crippen LogP contribution in [0.2, 0.25) is 0 Å². The maximum absolute atomic E-state index is 12.6. The molecule has 2 aromatic heterocycles. The van der Waals surface area contributed by atoms with Gasteiger partial charge in [-0.3, -0.25) is 4.79 Å². The van der Waals surface area contributed by atoms with Crippen molar-refractivity contribution in [2.24, 2.45) is 0 Å². The third kappa shape index (κ3) is 4.29. The molecule has 9 nitrogen and oxygen atoms in total. The van der Waals surface area contributed by atoms with Crippen LogP contribution in [0.15, 0.2) is 48.9 Å². The van der Waals surface area contributed by atoms with Gasteiger partial charge in [0.2, 0.25) is 5.91 Å². The Kier molecular flexibility index (Phi) is 5.28. The Morgan fingerprint density at radius 2 is 1.90 bits per heavy atom. The van der Waals surface area contributed by atoms with E-state index >= 15 is 0 Å². The molecule has 3 aromatic rings. The molecule has 4 rings (SSSR count). The van der Waals surface area contributed by atoms with Crippen LogP contribution in [0.4, 0.5) is 10.5 Å². The highest BCUT2D eigenvalue weighted by molar-refractivity contribution is 5.89. The van der Waals surface area contributed by atoms with Crippen LogP contribution in [0.25, 0.3) is 5.65 Å². The monoisotopic (exact) mass is 394 g/mol. The third-order valence-corrected chi connectivity index (χ3v) is 4.93. The zero-order valence-corrected chi connectivity index (χ0v) is 16.1. The van der Waals surface area contributed by atoms with E-state index in [9.17, 15) is 9.59 Å². The van der Waals surface area contributed by atoms with Gasteiger partial charge in [-0.05, 0) is 29.8 Å². The minimum absolute atomic E-state index is 0.0509. The summed E-state index contributed by atoms with van der Waals surface area (Å²) in [5, 5.41) is 6.93. The molecule has 1 aromatic carbocycles. The summed E-state index contributed by atoms with van der Waals surface area (Å²) in [6, 6.07) is 10.9. The predicted molar refractivity (Wildman–Crippen MR) is 107 cm³/mol. The first-order chi connectivity index (χ1) is 14.1. The first-order valence-corrected chi connectivity index (χ1v) is 9.38. The van der Waals surface area contributed by atoms with Gasteiger partial charge in [0.15, 0.2) is 5.65 Å². The van der Waals surface area contributed by atoms with Crippen LogP contribution in [-0.2, 0) is 11.2 Å². The minimum Gasteiger partial charge on any atom is -0.497 e. The maximum atomic E-state index is 12.6. The number of methoxy groups -OCH3 is 1. The zero-order chi connectivity index (χ0) is 20.2. The number of nitrogens with zero attached hydrogens (tertiary/aromatic N) is 5. The van der Waals surface area contributed by atoms with Gasteiger partial charge < -0.3 is 19.9 Å². The number of carbonyl (C=O) groups excluding carboxylic acids is 2. The molecule has 1 aliphatic heterocycles. The number of anilines is 1. The Morgan fingerprint density at radius 1 is 1.10 bits per heavy atom. The molecule has 1 aliphatic rings. The quantitative estimate of drug-likeness (QED) is 0.727. The molecule has 9 heteroatoms. The summed E-state index contributed by atoms with van der Waals surface area (Å²) in [5.74, 6) is 0.788. The Hall–Kier alpha value is -3.62. The molecular weight excluding hydrogens is 372 g/mol. The van der Waals surface area contributed by atoms with Crippen LogP contribution in [0.5, 0.6) is 5.75 Å². The normalized spacial score (nSPS) is 14.1. The van der Waals surface area contributed by atoms with E-state index in [1.54, 1.807) is 39.8 Å². The van der Waals surface area contributed by atoms with Crippen molar-refractivity contribution in [1.29, 1.82) is 0 Å². The topological polar surface area (TPSA) is 92.1 Å². The second kappa shape index (κ2) is 8.17. The number of ether oxygens (including phenoxy) is 1. The first-order valence-electron chi connectivity index (χ1n) is 9.38. The number of fused-ring (bicyclic) bond motifs is 1. The number of carbonyl (C=O) groups is 2. The summed E-state index contributed by atoms with van der Waals surface area (Å²) in [5.41, 5.74) is 2.27. The lowest BCUT2D eigenvalue weighted by Crippen LogP contribution is -2.52. The third-order valence-electron chi connectivity index (χ3n) is 4.93. The Bertz CT molecular complexity index is 1030. The summed E-state index contributed by atoms with van der Waals surface area (Å²) < 4.78 is 6.81. The molecule has 150 valence electrons. The van der Waals surface area contributed by atoms with Crippen molar-refractivity contribution in [1.82, 2.24) is 24.4 Å². The van der Waals surface area contributed by atoms with E-state index in [-0.39, 0.29) is 11.9 Å². The van der Waals surface area contributed by atoms with Crippen LogP contribution in [0, 0.1) is 0 Å². The second-order valence-electron chi connectivity index (χ2n) is 6.81. The molecule has 0 unspecified atom stereocenters. The largest absolute Gasteiger partial charge is 0.497 e. The molecule has 0 atom stereocenters. The van der Waals surface area contributed by atoms with E-state index in [2.05, 4.69) is 15.4 Å². The fraction of sp³-hybridized carbons (Fsp3) is 0.300. The van der Waals surface area contributed by atoms with E-state index in [0.29, 0.717) is 43.9 Å². The summed E-state index contributed by atoms with van der Waals surface area (Å²) in [4.78, 5) is 32.7. The van der Waals surface area contributed by atoms with Crippen molar-refractivity contribution in [3.63, 3.8) is 0 Å². The Balaban J connectivity index is 1.30. The van der Waals surface area contributed by atoms with Gasteiger partial charge in [-0.25, -0.2) is 14.3 Å². The van der Waals surface area contributed by atoms with E-state index in [1.165, 1.54) is 6.33 Å². The van der Waals surface area contributed by atoms with Crippen LogP contribution < -0.4 is 10.1 Å². The number of amides is 3. The molecule has 1 saturated heterocycles. The van der Waals surface area contributed by atoms with Crippen LogP contribution in [0.1, 0.15) is 5.56 Å². The smallest absolute Gasteiger partial charge is 0.322 e. The van der Waals surface area contributed by atoms with Crippen LogP contribution >= 0.6 is 0 Å². The van der Waals surface area contributed by atoms with Gasteiger partial charge in [-0.1, -0.05) is 12.1 Å². The standard InChI is InChI=1S/C20H22N6O3/c1-29-17-4-2-3-15(11-17)12-19(27)24-7-9-25(10-8-24)20(28)23-16-5-6-18-21-14-22-26(18)13-16/h2-6,11,13-14H,7-10,12H2,1H3,(H,23,28). The number of piperazine rings is 1. The van der Waals surface area contributed by atoms with E-state index in [0.717, 1.165) is 11.3 Å². The average Bonchev–Trinajstić information content (AvgIpc) is 3.22. The fourth-order valence-corrected chi connectivity index (χ4v) is 3.32. The van der Waals surface area contributed by atoms with Crippen molar-refractivity contribution in [3.8, 4) is 5.75 Å². The molecular formula is C20H22N6O3. The van der Waals surface area contributed by atoms with Crippen molar-refractivity contribution >= 4 is 23.3 Å². The van der Waals surface area contributed by atoms with Crippen molar-refractivity contribution in [2.45, 2.75) is 6.42 Å². The number of aromatic nitrogens is 3. The summed E-state index contributed by atoms with van der Waals surface area (Å²) >= 11 is 0. The predicted octanol–water partition coefficient (Wildman–Crippen LogP) is 1.66. The maximum Gasteiger partial charge on any atom is 0.322 e. The molecule has 0 saturated carbocycles. The fourth-order valence-electron chi connectivity index (χ4n) is 3.32. The number of hydrogen-bond acceptors (Lipinski definition) is 5. The molecule has 0 aliphatic carbocycles. The second-order valence-corrected chi connectivity index (χ2v) is 6.81. The summed E-state index contributed by atoms with van der Waals surface area (Å²) in [7, 11) is 1.61. The Morgan fingerprint density at radius 3 is 2.69 bits per heavy atom. The highest BCUT2D eigenvalue weighted by Crippen LogP contribution is 2.15. The van der Waals surface area contributed by atoms with Gasteiger partial charge in [0.1, 0.15) is 12.1 Å². The summed E-state index contributed by atoms with van der Waals surface area (Å²) in [6.45, 7) is 2.00. The molecule has 3 amide bonds. The van der Waals surface area contributed by atoms with Gasteiger partial charge in [0.05, 0.1) is 25.4 Å². The number of nitrogens with one attached hydrogen (secondary N) is 1. The lowest BCUT2D eigenvalue weighted by atomic mass is 10.1. The van der Waals surface area contributed by atoms with Crippen molar-refractivity contribution in [3.05, 3.63) is 54.5 Å². The number of rotatable bonds is 4. The molecule has 1 N–H and O–H groups in total. The Labute approximate surface area is 167 Å². The lowest BCUT2D eigenvalue weighted by Gasteiger charge is -2.34. The van der Waals surface area contributed by atoms with Gasteiger partial charge in [-0.2, -0.15) is 5.10 Å². The lowest BCUT2D eigenvalue weighted by molar-refractivity contribution is -0.131. The van der Waals surface area contributed by atoms with Crippen molar-refractivity contribution < 1.29 is 14.3 Å². The highest BCUT2D eigenvalue weighted by atomic mass is 16.5. The molecule has 29 heavy (non-hydrogen) atoms. The number of urea groups is 1. The SMILES string of the molecule is COc1cccc(CC(=O)N2CCN(C(=O)Nc3ccc4ncnn4c3)CC2)c1. The summed E-state index contributed by atoms with van der Waals surface area (Å²) in [6.07, 6.45) is 3.50. The minimum atomic E-state index is -0.190. The van der Waals surface area contributed by atoms with E-state index < -0.39 is 0 Å². The van der Waals surface area contributed by atoms with E-state index in [4.69, 9.17) is 4.74 Å². The van der Waals surface area contributed by atoms with Gasteiger partial charge in [0.25, 0.3) is 0 Å². The van der Waals surface area contributed by atoms with Crippen LogP contribution in [0.3, 0.4) is 0 Å². The van der Waals surface area contributed by atoms with Gasteiger partial charge in [0, 0.05) is 26.2 Å². The van der Waals surface area contributed by atoms with Gasteiger partial charge >= 0.3 is 6.03 Å². The number of hydrogen-bond donors (Lipinski definition) is 1. The molecule has 1 fully saturated rings.